The Bertz CT molecular complexity index is 939. The molecule has 0 saturated carbocycles. The highest BCUT2D eigenvalue weighted by Gasteiger charge is 2.46. The van der Waals surface area contributed by atoms with E-state index in [1.54, 1.807) is 18.2 Å². The fourth-order valence-electron chi connectivity index (χ4n) is 3.72. The SMILES string of the molecule is CCc1ccc(Cc2c(Cl)cc(CO)cc2O[C@@H]2O[C@H](C(C)O)[C@@H](O)[C@H](O)[C@H]2O)cc1F. The van der Waals surface area contributed by atoms with Crippen molar-refractivity contribution in [1.82, 2.24) is 0 Å². The summed E-state index contributed by atoms with van der Waals surface area (Å²) in [4.78, 5) is 0. The van der Waals surface area contributed by atoms with Crippen molar-refractivity contribution in [2.24, 2.45) is 0 Å². The van der Waals surface area contributed by atoms with Crippen molar-refractivity contribution < 1.29 is 39.4 Å². The van der Waals surface area contributed by atoms with E-state index in [1.807, 2.05) is 6.92 Å². The third-order valence-corrected chi connectivity index (χ3v) is 5.94. The van der Waals surface area contributed by atoms with Crippen molar-refractivity contribution in [3.8, 4) is 5.75 Å². The second-order valence-corrected chi connectivity index (χ2v) is 8.38. The van der Waals surface area contributed by atoms with E-state index in [0.29, 0.717) is 28.7 Å². The average molecular weight is 471 g/mol. The van der Waals surface area contributed by atoms with Gasteiger partial charge in [0.15, 0.2) is 0 Å². The summed E-state index contributed by atoms with van der Waals surface area (Å²) in [5.74, 6) is -0.183. The third-order valence-electron chi connectivity index (χ3n) is 5.60. The molecule has 1 fully saturated rings. The molecule has 1 aliphatic rings. The van der Waals surface area contributed by atoms with Crippen LogP contribution in [0.4, 0.5) is 4.39 Å². The molecule has 0 aliphatic carbocycles. The molecule has 1 saturated heterocycles. The first kappa shape index (κ1) is 24.9. The van der Waals surface area contributed by atoms with Crippen LogP contribution in [0.3, 0.4) is 0 Å². The largest absolute Gasteiger partial charge is 0.462 e. The van der Waals surface area contributed by atoms with Crippen molar-refractivity contribution >= 4 is 11.6 Å². The lowest BCUT2D eigenvalue weighted by molar-refractivity contribution is -0.286. The van der Waals surface area contributed by atoms with Crippen LogP contribution in [0, 0.1) is 5.82 Å². The molecule has 32 heavy (non-hydrogen) atoms. The lowest BCUT2D eigenvalue weighted by Gasteiger charge is -2.41. The Kier molecular flexibility index (Phi) is 8.11. The van der Waals surface area contributed by atoms with Crippen LogP contribution < -0.4 is 4.74 Å². The van der Waals surface area contributed by atoms with Gasteiger partial charge in [-0.3, -0.25) is 0 Å². The molecule has 1 aliphatic heterocycles. The number of ether oxygens (including phenoxy) is 2. The molecular formula is C23H28ClFO7. The smallest absolute Gasteiger partial charge is 0.229 e. The molecule has 0 bridgehead atoms. The van der Waals surface area contributed by atoms with E-state index in [9.17, 15) is 29.9 Å². The molecule has 3 rings (SSSR count). The molecular weight excluding hydrogens is 443 g/mol. The summed E-state index contributed by atoms with van der Waals surface area (Å²) in [6.07, 6.45) is -7.79. The van der Waals surface area contributed by atoms with Crippen LogP contribution in [0.25, 0.3) is 0 Å². The molecule has 2 aromatic carbocycles. The first-order valence-corrected chi connectivity index (χ1v) is 10.8. The Balaban J connectivity index is 1.94. The lowest BCUT2D eigenvalue weighted by atomic mass is 9.96. The van der Waals surface area contributed by atoms with Crippen LogP contribution in [-0.4, -0.2) is 62.3 Å². The Morgan fingerprint density at radius 3 is 2.41 bits per heavy atom. The molecule has 9 heteroatoms. The predicted octanol–water partition coefficient (Wildman–Crippen LogP) is 1.69. The van der Waals surface area contributed by atoms with Gasteiger partial charge in [0, 0.05) is 17.0 Å². The minimum Gasteiger partial charge on any atom is -0.462 e. The standard InChI is InChI=1S/C23H28ClFO7/c1-3-14-5-4-12(8-17(14)25)6-15-16(24)7-13(10-26)9-18(15)31-23-21(30)19(28)20(29)22(32-23)11(2)27/h4-5,7-9,11,19-23,26-30H,3,6,10H2,1-2H3/t11?,19-,20-,21+,22+,23+/m0/s1. The normalized spacial score (nSPS) is 26.7. The van der Waals surface area contributed by atoms with E-state index in [1.165, 1.54) is 19.1 Å². The molecule has 7 nitrogen and oxygen atoms in total. The number of aliphatic hydroxyl groups is 5. The summed E-state index contributed by atoms with van der Waals surface area (Å²) in [7, 11) is 0. The maximum Gasteiger partial charge on any atom is 0.229 e. The highest BCUT2D eigenvalue weighted by molar-refractivity contribution is 6.31. The summed E-state index contributed by atoms with van der Waals surface area (Å²) in [5, 5.41) is 50.3. The van der Waals surface area contributed by atoms with Crippen LogP contribution in [-0.2, 0) is 24.2 Å². The van der Waals surface area contributed by atoms with Gasteiger partial charge < -0.3 is 35.0 Å². The van der Waals surface area contributed by atoms with Gasteiger partial charge in [-0.2, -0.15) is 0 Å². The maximum atomic E-state index is 14.3. The molecule has 0 aromatic heterocycles. The third kappa shape index (κ3) is 5.23. The van der Waals surface area contributed by atoms with Gasteiger partial charge in [0.2, 0.25) is 6.29 Å². The van der Waals surface area contributed by atoms with Crippen molar-refractivity contribution in [3.63, 3.8) is 0 Å². The molecule has 1 unspecified atom stereocenters. The van der Waals surface area contributed by atoms with Crippen LogP contribution in [0.1, 0.15) is 36.1 Å². The fraction of sp³-hybridized carbons (Fsp3) is 0.478. The van der Waals surface area contributed by atoms with Crippen LogP contribution in [0.5, 0.6) is 5.75 Å². The zero-order valence-corrected chi connectivity index (χ0v) is 18.5. The van der Waals surface area contributed by atoms with Crippen LogP contribution in [0.15, 0.2) is 30.3 Å². The number of hydrogen-bond acceptors (Lipinski definition) is 7. The second kappa shape index (κ2) is 10.4. The van der Waals surface area contributed by atoms with Crippen molar-refractivity contribution in [2.45, 2.75) is 70.1 Å². The zero-order valence-electron chi connectivity index (χ0n) is 17.8. The number of hydrogen-bond donors (Lipinski definition) is 5. The summed E-state index contributed by atoms with van der Waals surface area (Å²) in [6.45, 7) is 2.90. The summed E-state index contributed by atoms with van der Waals surface area (Å²) >= 11 is 6.43. The Morgan fingerprint density at radius 1 is 1.09 bits per heavy atom. The van der Waals surface area contributed by atoms with Crippen LogP contribution in [0.2, 0.25) is 5.02 Å². The summed E-state index contributed by atoms with van der Waals surface area (Å²) in [5.41, 5.74) is 2.10. The highest BCUT2D eigenvalue weighted by atomic mass is 35.5. The Labute approximate surface area is 190 Å². The number of aryl methyl sites for hydroxylation is 1. The zero-order chi connectivity index (χ0) is 23.6. The first-order chi connectivity index (χ1) is 15.2. The molecule has 0 amide bonds. The van der Waals surface area contributed by atoms with Crippen molar-refractivity contribution in [1.29, 1.82) is 0 Å². The van der Waals surface area contributed by atoms with E-state index >= 15 is 0 Å². The number of benzene rings is 2. The fourth-order valence-corrected chi connectivity index (χ4v) is 4.02. The summed E-state index contributed by atoms with van der Waals surface area (Å²) < 4.78 is 25.6. The Hall–Kier alpha value is -1.78. The van der Waals surface area contributed by atoms with Gasteiger partial charge in [0.25, 0.3) is 0 Å². The van der Waals surface area contributed by atoms with E-state index < -0.39 is 36.8 Å². The van der Waals surface area contributed by atoms with Crippen molar-refractivity contribution in [2.75, 3.05) is 0 Å². The minimum absolute atomic E-state index is 0.151. The number of rotatable bonds is 7. The van der Waals surface area contributed by atoms with E-state index in [4.69, 9.17) is 21.1 Å². The Morgan fingerprint density at radius 2 is 1.81 bits per heavy atom. The predicted molar refractivity (Wildman–Crippen MR) is 115 cm³/mol. The molecule has 176 valence electrons. The number of halogens is 2. The lowest BCUT2D eigenvalue weighted by Crippen LogP contribution is -2.61. The van der Waals surface area contributed by atoms with Gasteiger partial charge in [-0.1, -0.05) is 30.7 Å². The topological polar surface area (TPSA) is 120 Å². The highest BCUT2D eigenvalue weighted by Crippen LogP contribution is 2.34. The van der Waals surface area contributed by atoms with Crippen molar-refractivity contribution in [3.05, 3.63) is 63.4 Å². The molecule has 5 N–H and O–H groups in total. The van der Waals surface area contributed by atoms with E-state index in [2.05, 4.69) is 0 Å². The first-order valence-electron chi connectivity index (χ1n) is 10.4. The minimum atomic E-state index is -1.62. The van der Waals surface area contributed by atoms with Crippen LogP contribution >= 0.6 is 11.6 Å². The number of aliphatic hydroxyl groups excluding tert-OH is 5. The molecule has 0 spiro atoms. The summed E-state index contributed by atoms with van der Waals surface area (Å²) in [6, 6.07) is 7.94. The van der Waals surface area contributed by atoms with Gasteiger partial charge >= 0.3 is 0 Å². The van der Waals surface area contributed by atoms with E-state index in [0.717, 1.165) is 0 Å². The van der Waals surface area contributed by atoms with Gasteiger partial charge in [-0.25, -0.2) is 4.39 Å². The quantitative estimate of drug-likeness (QED) is 0.417. The second-order valence-electron chi connectivity index (χ2n) is 7.97. The molecule has 2 aromatic rings. The maximum absolute atomic E-state index is 14.3. The van der Waals surface area contributed by atoms with Gasteiger partial charge in [0.05, 0.1) is 12.7 Å². The van der Waals surface area contributed by atoms with Gasteiger partial charge in [-0.15, -0.1) is 0 Å². The molecule has 6 atom stereocenters. The molecule has 0 radical (unpaired) electrons. The average Bonchev–Trinajstić information content (AvgIpc) is 2.75. The van der Waals surface area contributed by atoms with Gasteiger partial charge in [0.1, 0.15) is 36.0 Å². The van der Waals surface area contributed by atoms with Gasteiger partial charge in [-0.05, 0) is 48.2 Å². The molecule has 1 heterocycles. The monoisotopic (exact) mass is 470 g/mol. The van der Waals surface area contributed by atoms with E-state index in [-0.39, 0.29) is 29.6 Å².